The summed E-state index contributed by atoms with van der Waals surface area (Å²) in [6.45, 7) is 2.32. The minimum atomic E-state index is -0.567. The quantitative estimate of drug-likeness (QED) is 0.668. The second-order valence-corrected chi connectivity index (χ2v) is 4.39. The third kappa shape index (κ3) is 3.64. The van der Waals surface area contributed by atoms with E-state index in [1.807, 2.05) is 31.2 Å². The predicted molar refractivity (Wildman–Crippen MR) is 73.3 cm³/mol. The predicted octanol–water partition coefficient (Wildman–Crippen LogP) is 2.13. The van der Waals surface area contributed by atoms with Crippen molar-refractivity contribution in [3.8, 4) is 0 Å². The highest BCUT2D eigenvalue weighted by atomic mass is 16.6. The standard InChI is InChI=1S/C13H14N4O3/c1-10-2-4-11(5-3-10)15-13(18)6-7-16-8-12(14-9-16)17(19)20/h2-5,8-9H,6-7H2,1H3,(H,15,18). The van der Waals surface area contributed by atoms with E-state index in [9.17, 15) is 14.9 Å². The minimum Gasteiger partial charge on any atom is -0.358 e. The molecule has 2 rings (SSSR count). The normalized spacial score (nSPS) is 10.2. The SMILES string of the molecule is Cc1ccc(NC(=O)CCn2cnc([N+](=O)[O-])c2)cc1. The van der Waals surface area contributed by atoms with Gasteiger partial charge in [0.05, 0.1) is 0 Å². The Kier molecular flexibility index (Phi) is 4.09. The Bertz CT molecular complexity index is 619. The first-order chi connectivity index (χ1) is 9.54. The fourth-order valence-corrected chi connectivity index (χ4v) is 1.66. The van der Waals surface area contributed by atoms with Gasteiger partial charge in [-0.3, -0.25) is 4.79 Å². The molecule has 0 aliphatic heterocycles. The van der Waals surface area contributed by atoms with Crippen LogP contribution in [0.25, 0.3) is 0 Å². The Morgan fingerprint density at radius 1 is 1.40 bits per heavy atom. The number of amides is 1. The van der Waals surface area contributed by atoms with Crippen molar-refractivity contribution in [1.29, 1.82) is 0 Å². The molecule has 0 aliphatic rings. The molecule has 20 heavy (non-hydrogen) atoms. The molecular weight excluding hydrogens is 260 g/mol. The summed E-state index contributed by atoms with van der Waals surface area (Å²) in [6.07, 6.45) is 2.87. The zero-order valence-electron chi connectivity index (χ0n) is 10.9. The molecule has 0 saturated heterocycles. The highest BCUT2D eigenvalue weighted by Crippen LogP contribution is 2.10. The van der Waals surface area contributed by atoms with Crippen LogP contribution >= 0.6 is 0 Å². The number of rotatable bonds is 5. The molecule has 1 aromatic heterocycles. The van der Waals surface area contributed by atoms with Gasteiger partial charge >= 0.3 is 5.82 Å². The molecule has 0 saturated carbocycles. The molecule has 1 N–H and O–H groups in total. The fraction of sp³-hybridized carbons (Fsp3) is 0.231. The maximum Gasteiger partial charge on any atom is 0.381 e. The first kappa shape index (κ1) is 13.7. The lowest BCUT2D eigenvalue weighted by atomic mass is 10.2. The molecule has 0 aliphatic carbocycles. The first-order valence-corrected chi connectivity index (χ1v) is 6.07. The van der Waals surface area contributed by atoms with Gasteiger partial charge in [0.1, 0.15) is 6.20 Å². The van der Waals surface area contributed by atoms with Crippen LogP contribution < -0.4 is 5.32 Å². The second-order valence-electron chi connectivity index (χ2n) is 4.39. The smallest absolute Gasteiger partial charge is 0.358 e. The summed E-state index contributed by atoms with van der Waals surface area (Å²) >= 11 is 0. The molecule has 1 amide bonds. The molecule has 1 aromatic carbocycles. The highest BCUT2D eigenvalue weighted by Gasteiger charge is 2.10. The Balaban J connectivity index is 1.85. The monoisotopic (exact) mass is 274 g/mol. The number of carbonyl (C=O) groups excluding carboxylic acids is 1. The van der Waals surface area contributed by atoms with Crippen LogP contribution in [0.4, 0.5) is 11.5 Å². The molecule has 104 valence electrons. The van der Waals surface area contributed by atoms with E-state index in [0.717, 1.165) is 11.3 Å². The average Bonchev–Trinajstić information content (AvgIpc) is 2.88. The van der Waals surface area contributed by atoms with Gasteiger partial charge in [0.25, 0.3) is 0 Å². The van der Waals surface area contributed by atoms with Gasteiger partial charge in [-0.15, -0.1) is 0 Å². The zero-order valence-corrected chi connectivity index (χ0v) is 10.9. The number of nitro groups is 1. The molecule has 2 aromatic rings. The van der Waals surface area contributed by atoms with Crippen molar-refractivity contribution in [2.45, 2.75) is 19.9 Å². The maximum absolute atomic E-state index is 11.7. The number of hydrogen-bond acceptors (Lipinski definition) is 4. The highest BCUT2D eigenvalue weighted by molar-refractivity contribution is 5.90. The summed E-state index contributed by atoms with van der Waals surface area (Å²) in [5.74, 6) is -0.367. The van der Waals surface area contributed by atoms with Crippen molar-refractivity contribution in [2.75, 3.05) is 5.32 Å². The lowest BCUT2D eigenvalue weighted by molar-refractivity contribution is -0.389. The van der Waals surface area contributed by atoms with Crippen molar-refractivity contribution < 1.29 is 9.72 Å². The van der Waals surface area contributed by atoms with Crippen LogP contribution in [0.3, 0.4) is 0 Å². The number of carbonyl (C=O) groups is 1. The number of nitrogens with zero attached hydrogens (tertiary/aromatic N) is 3. The van der Waals surface area contributed by atoms with E-state index in [0.29, 0.717) is 6.54 Å². The van der Waals surface area contributed by atoms with E-state index >= 15 is 0 Å². The summed E-state index contributed by atoms with van der Waals surface area (Å²) in [4.78, 5) is 25.3. The van der Waals surface area contributed by atoms with Crippen molar-refractivity contribution in [3.05, 3.63) is 52.5 Å². The summed E-state index contributed by atoms with van der Waals surface area (Å²) < 4.78 is 1.52. The van der Waals surface area contributed by atoms with Crippen molar-refractivity contribution in [3.63, 3.8) is 0 Å². The van der Waals surface area contributed by atoms with Crippen molar-refractivity contribution in [1.82, 2.24) is 9.55 Å². The number of hydrogen-bond donors (Lipinski definition) is 1. The van der Waals surface area contributed by atoms with Gasteiger partial charge in [0.15, 0.2) is 0 Å². The van der Waals surface area contributed by atoms with Crippen LogP contribution in [0.2, 0.25) is 0 Å². The summed E-state index contributed by atoms with van der Waals surface area (Å²) in [5.41, 5.74) is 1.85. The van der Waals surface area contributed by atoms with Gasteiger partial charge in [0, 0.05) is 18.7 Å². The third-order valence-electron chi connectivity index (χ3n) is 2.74. The lowest BCUT2D eigenvalue weighted by Crippen LogP contribution is -2.13. The van der Waals surface area contributed by atoms with Crippen LogP contribution in [0.15, 0.2) is 36.8 Å². The Morgan fingerprint density at radius 3 is 2.70 bits per heavy atom. The summed E-state index contributed by atoms with van der Waals surface area (Å²) in [6, 6.07) is 7.48. The largest absolute Gasteiger partial charge is 0.381 e. The van der Waals surface area contributed by atoms with Crippen LogP contribution in [-0.4, -0.2) is 20.4 Å². The number of aromatic nitrogens is 2. The number of aryl methyl sites for hydroxylation is 2. The Hall–Kier alpha value is -2.70. The van der Waals surface area contributed by atoms with Crippen LogP contribution in [0, 0.1) is 17.0 Å². The summed E-state index contributed by atoms with van der Waals surface area (Å²) in [7, 11) is 0. The maximum atomic E-state index is 11.7. The van der Waals surface area contributed by atoms with Crippen LogP contribution in [0.5, 0.6) is 0 Å². The van der Waals surface area contributed by atoms with E-state index in [-0.39, 0.29) is 18.1 Å². The van der Waals surface area contributed by atoms with Crippen molar-refractivity contribution in [2.24, 2.45) is 0 Å². The van der Waals surface area contributed by atoms with Gasteiger partial charge in [-0.1, -0.05) is 17.7 Å². The number of imidazole rings is 1. The van der Waals surface area contributed by atoms with Crippen LogP contribution in [0.1, 0.15) is 12.0 Å². The molecular formula is C13H14N4O3. The minimum absolute atomic E-state index is 0.148. The topological polar surface area (TPSA) is 90.1 Å². The van der Waals surface area contributed by atoms with Gasteiger partial charge < -0.3 is 20.0 Å². The zero-order chi connectivity index (χ0) is 14.5. The molecule has 0 unspecified atom stereocenters. The number of nitrogens with one attached hydrogen (secondary N) is 1. The molecule has 0 bridgehead atoms. The van der Waals surface area contributed by atoms with E-state index < -0.39 is 4.92 Å². The van der Waals surface area contributed by atoms with Gasteiger partial charge in [-0.25, -0.2) is 0 Å². The molecule has 0 fully saturated rings. The van der Waals surface area contributed by atoms with E-state index in [4.69, 9.17) is 0 Å². The molecule has 7 nitrogen and oxygen atoms in total. The molecule has 0 spiro atoms. The van der Waals surface area contributed by atoms with Crippen LogP contribution in [-0.2, 0) is 11.3 Å². The van der Waals surface area contributed by atoms with E-state index in [1.165, 1.54) is 17.1 Å². The second kappa shape index (κ2) is 5.96. The molecule has 7 heteroatoms. The Labute approximate surface area is 115 Å². The number of anilines is 1. The van der Waals surface area contributed by atoms with Gasteiger partial charge in [-0.05, 0) is 29.0 Å². The third-order valence-corrected chi connectivity index (χ3v) is 2.74. The van der Waals surface area contributed by atoms with Crippen molar-refractivity contribution >= 4 is 17.4 Å². The average molecular weight is 274 g/mol. The van der Waals surface area contributed by atoms with Gasteiger partial charge in [-0.2, -0.15) is 0 Å². The Morgan fingerprint density at radius 2 is 2.10 bits per heavy atom. The number of benzene rings is 1. The molecule has 0 atom stereocenters. The molecule has 1 heterocycles. The van der Waals surface area contributed by atoms with Gasteiger partial charge in [0.2, 0.25) is 12.2 Å². The fourth-order valence-electron chi connectivity index (χ4n) is 1.66. The molecule has 0 radical (unpaired) electrons. The van der Waals surface area contributed by atoms with E-state index in [1.54, 1.807) is 0 Å². The van der Waals surface area contributed by atoms with E-state index in [2.05, 4.69) is 10.3 Å². The first-order valence-electron chi connectivity index (χ1n) is 6.07. The summed E-state index contributed by atoms with van der Waals surface area (Å²) in [5, 5.41) is 13.2. The lowest BCUT2D eigenvalue weighted by Gasteiger charge is -2.05.